The molecule has 0 aromatic carbocycles. The second-order valence-corrected chi connectivity index (χ2v) is 4.48. The Balaban J connectivity index is 2.09. The van der Waals surface area contributed by atoms with Crippen LogP contribution in [0.25, 0.3) is 0 Å². The first-order valence-electron chi connectivity index (χ1n) is 5.56. The predicted molar refractivity (Wildman–Crippen MR) is 60.8 cm³/mol. The van der Waals surface area contributed by atoms with E-state index in [0.29, 0.717) is 11.8 Å². The van der Waals surface area contributed by atoms with Gasteiger partial charge >= 0.3 is 0 Å². The van der Waals surface area contributed by atoms with E-state index in [4.69, 9.17) is 0 Å². The average Bonchev–Trinajstić information content (AvgIpc) is 2.29. The molecular formula is C12H18N2O. The number of pyridine rings is 1. The molecular weight excluding hydrogens is 188 g/mol. The Morgan fingerprint density at radius 3 is 3.00 bits per heavy atom. The first-order chi connectivity index (χ1) is 7.29. The first kappa shape index (κ1) is 10.4. The summed E-state index contributed by atoms with van der Waals surface area (Å²) in [6.45, 7) is 4.50. The molecule has 3 heteroatoms. The third-order valence-electron chi connectivity index (χ3n) is 2.98. The van der Waals surface area contributed by atoms with Crippen LogP contribution in [0.5, 0.6) is 0 Å². The highest BCUT2D eigenvalue weighted by molar-refractivity contribution is 5.38. The van der Waals surface area contributed by atoms with Crippen LogP contribution < -0.4 is 4.90 Å². The van der Waals surface area contributed by atoms with Gasteiger partial charge in [0.1, 0.15) is 5.82 Å². The molecule has 82 valence electrons. The molecule has 3 nitrogen and oxygen atoms in total. The zero-order valence-corrected chi connectivity index (χ0v) is 9.13. The van der Waals surface area contributed by atoms with Crippen molar-refractivity contribution in [2.75, 3.05) is 24.6 Å². The fourth-order valence-electron chi connectivity index (χ4n) is 2.34. The quantitative estimate of drug-likeness (QED) is 0.797. The number of piperidine rings is 1. The summed E-state index contributed by atoms with van der Waals surface area (Å²) in [6.07, 6.45) is 2.95. The number of rotatable bonds is 2. The van der Waals surface area contributed by atoms with Gasteiger partial charge in [-0.2, -0.15) is 0 Å². The van der Waals surface area contributed by atoms with Crippen LogP contribution in [0.15, 0.2) is 24.4 Å². The molecule has 0 amide bonds. The van der Waals surface area contributed by atoms with E-state index in [9.17, 15) is 5.11 Å². The molecule has 1 aromatic rings. The third-order valence-corrected chi connectivity index (χ3v) is 2.98. The normalized spacial score (nSPS) is 26.7. The summed E-state index contributed by atoms with van der Waals surface area (Å²) >= 11 is 0. The van der Waals surface area contributed by atoms with Crippen LogP contribution in [0.1, 0.15) is 13.3 Å². The van der Waals surface area contributed by atoms with Crippen molar-refractivity contribution in [3.63, 3.8) is 0 Å². The molecule has 1 aromatic heterocycles. The van der Waals surface area contributed by atoms with Gasteiger partial charge in [0.05, 0.1) is 0 Å². The number of aliphatic hydroxyl groups excluding tert-OH is 1. The lowest BCUT2D eigenvalue weighted by Crippen LogP contribution is -2.41. The molecule has 2 heterocycles. The molecule has 1 saturated heterocycles. The number of nitrogens with zero attached hydrogens (tertiary/aromatic N) is 2. The van der Waals surface area contributed by atoms with Crippen molar-refractivity contribution in [2.24, 2.45) is 11.8 Å². The van der Waals surface area contributed by atoms with Crippen LogP contribution in [0.2, 0.25) is 0 Å². The zero-order valence-electron chi connectivity index (χ0n) is 9.13. The Kier molecular flexibility index (Phi) is 3.21. The SMILES string of the molecule is CC1CC(CO)CN(c2ccccn2)C1. The summed E-state index contributed by atoms with van der Waals surface area (Å²) in [7, 11) is 0. The molecule has 1 N–H and O–H groups in total. The van der Waals surface area contributed by atoms with Crippen molar-refractivity contribution in [2.45, 2.75) is 13.3 Å². The maximum atomic E-state index is 9.23. The largest absolute Gasteiger partial charge is 0.396 e. The molecule has 0 saturated carbocycles. The maximum absolute atomic E-state index is 9.23. The Morgan fingerprint density at radius 2 is 2.33 bits per heavy atom. The van der Waals surface area contributed by atoms with Gasteiger partial charge in [-0.3, -0.25) is 0 Å². The van der Waals surface area contributed by atoms with E-state index >= 15 is 0 Å². The summed E-state index contributed by atoms with van der Waals surface area (Å²) < 4.78 is 0. The van der Waals surface area contributed by atoms with Gasteiger partial charge in [-0.15, -0.1) is 0 Å². The van der Waals surface area contributed by atoms with Gasteiger partial charge in [-0.25, -0.2) is 4.98 Å². The van der Waals surface area contributed by atoms with E-state index in [1.54, 1.807) is 0 Å². The minimum absolute atomic E-state index is 0.285. The summed E-state index contributed by atoms with van der Waals surface area (Å²) in [4.78, 5) is 6.62. The summed E-state index contributed by atoms with van der Waals surface area (Å²) in [5.41, 5.74) is 0. The fourth-order valence-corrected chi connectivity index (χ4v) is 2.34. The van der Waals surface area contributed by atoms with Crippen LogP contribution in [0.4, 0.5) is 5.82 Å². The Labute approximate surface area is 90.8 Å². The summed E-state index contributed by atoms with van der Waals surface area (Å²) in [6, 6.07) is 5.97. The lowest BCUT2D eigenvalue weighted by atomic mass is 9.91. The van der Waals surface area contributed by atoms with Crippen molar-refractivity contribution < 1.29 is 5.11 Å². The second-order valence-electron chi connectivity index (χ2n) is 4.48. The maximum Gasteiger partial charge on any atom is 0.128 e. The topological polar surface area (TPSA) is 36.4 Å². The second kappa shape index (κ2) is 4.62. The van der Waals surface area contributed by atoms with E-state index in [1.165, 1.54) is 0 Å². The predicted octanol–water partition coefficient (Wildman–Crippen LogP) is 1.54. The molecule has 2 rings (SSSR count). The lowest BCUT2D eigenvalue weighted by Gasteiger charge is -2.36. The molecule has 0 radical (unpaired) electrons. The standard InChI is InChI=1S/C12H18N2O/c1-10-6-11(9-15)8-14(7-10)12-4-2-3-5-13-12/h2-5,10-11,15H,6-9H2,1H3. The van der Waals surface area contributed by atoms with Crippen molar-refractivity contribution >= 4 is 5.82 Å². The Hall–Kier alpha value is -1.09. The van der Waals surface area contributed by atoms with Gasteiger partial charge in [0.2, 0.25) is 0 Å². The van der Waals surface area contributed by atoms with Crippen LogP contribution in [-0.4, -0.2) is 29.8 Å². The van der Waals surface area contributed by atoms with Gasteiger partial charge < -0.3 is 10.0 Å². The van der Waals surface area contributed by atoms with E-state index in [-0.39, 0.29) is 6.61 Å². The molecule has 15 heavy (non-hydrogen) atoms. The van der Waals surface area contributed by atoms with Gasteiger partial charge in [-0.05, 0) is 30.4 Å². The van der Waals surface area contributed by atoms with E-state index in [1.807, 2.05) is 24.4 Å². The van der Waals surface area contributed by atoms with Crippen LogP contribution in [0.3, 0.4) is 0 Å². The smallest absolute Gasteiger partial charge is 0.128 e. The highest BCUT2D eigenvalue weighted by Gasteiger charge is 2.24. The molecule has 1 aliphatic rings. The van der Waals surface area contributed by atoms with Crippen molar-refractivity contribution in [1.82, 2.24) is 4.98 Å². The van der Waals surface area contributed by atoms with Crippen LogP contribution in [-0.2, 0) is 0 Å². The van der Waals surface area contributed by atoms with Crippen molar-refractivity contribution in [3.8, 4) is 0 Å². The lowest BCUT2D eigenvalue weighted by molar-refractivity contribution is 0.189. The van der Waals surface area contributed by atoms with Gasteiger partial charge in [0, 0.05) is 25.9 Å². The number of aromatic nitrogens is 1. The van der Waals surface area contributed by atoms with E-state index in [2.05, 4.69) is 16.8 Å². The van der Waals surface area contributed by atoms with Gasteiger partial charge in [-0.1, -0.05) is 13.0 Å². The molecule has 1 aliphatic heterocycles. The molecule has 0 bridgehead atoms. The Bertz CT molecular complexity index is 302. The molecule has 2 unspecified atom stereocenters. The Morgan fingerprint density at radius 1 is 1.47 bits per heavy atom. The number of hydrogen-bond donors (Lipinski definition) is 1. The molecule has 0 aliphatic carbocycles. The molecule has 1 fully saturated rings. The summed E-state index contributed by atoms with van der Waals surface area (Å²) in [5, 5.41) is 9.23. The average molecular weight is 206 g/mol. The molecule has 2 atom stereocenters. The third kappa shape index (κ3) is 2.48. The van der Waals surface area contributed by atoms with Gasteiger partial charge in [0.25, 0.3) is 0 Å². The van der Waals surface area contributed by atoms with E-state index < -0.39 is 0 Å². The minimum Gasteiger partial charge on any atom is -0.396 e. The van der Waals surface area contributed by atoms with Gasteiger partial charge in [0.15, 0.2) is 0 Å². The fraction of sp³-hybridized carbons (Fsp3) is 0.583. The summed E-state index contributed by atoms with van der Waals surface area (Å²) in [5.74, 6) is 2.07. The van der Waals surface area contributed by atoms with Crippen LogP contribution in [0, 0.1) is 11.8 Å². The first-order valence-corrected chi connectivity index (χ1v) is 5.56. The van der Waals surface area contributed by atoms with Crippen LogP contribution >= 0.6 is 0 Å². The number of aliphatic hydroxyl groups is 1. The zero-order chi connectivity index (χ0) is 10.7. The van der Waals surface area contributed by atoms with Crippen molar-refractivity contribution in [1.29, 1.82) is 0 Å². The number of anilines is 1. The monoisotopic (exact) mass is 206 g/mol. The molecule has 0 spiro atoms. The number of hydrogen-bond acceptors (Lipinski definition) is 3. The van der Waals surface area contributed by atoms with E-state index in [0.717, 1.165) is 25.3 Å². The highest BCUT2D eigenvalue weighted by atomic mass is 16.3. The highest BCUT2D eigenvalue weighted by Crippen LogP contribution is 2.24. The van der Waals surface area contributed by atoms with Crippen molar-refractivity contribution in [3.05, 3.63) is 24.4 Å². The minimum atomic E-state index is 0.285.